The van der Waals surface area contributed by atoms with Crippen molar-refractivity contribution in [2.75, 3.05) is 6.54 Å². The number of carboxylic acid groups (broad SMARTS) is 1. The zero-order valence-corrected chi connectivity index (χ0v) is 11.9. The maximum atomic E-state index is 13.4. The van der Waals surface area contributed by atoms with Gasteiger partial charge < -0.3 is 5.11 Å². The van der Waals surface area contributed by atoms with E-state index in [0.29, 0.717) is 6.54 Å². The second-order valence-corrected chi connectivity index (χ2v) is 4.91. The van der Waals surface area contributed by atoms with E-state index in [-0.39, 0.29) is 5.56 Å². The molecular formula is C17H18FNO2. The van der Waals surface area contributed by atoms with Crippen LogP contribution in [0.5, 0.6) is 0 Å². The lowest BCUT2D eigenvalue weighted by Crippen LogP contribution is -2.22. The minimum atomic E-state index is -1.24. The number of carboxylic acids is 1. The van der Waals surface area contributed by atoms with Crippen molar-refractivity contribution in [2.45, 2.75) is 20.0 Å². The normalized spacial score (nSPS) is 10.8. The predicted octanol–water partition coefficient (Wildman–Crippen LogP) is 3.55. The van der Waals surface area contributed by atoms with Crippen molar-refractivity contribution in [3.05, 3.63) is 71.0 Å². The first-order valence-electron chi connectivity index (χ1n) is 6.88. The number of benzene rings is 2. The molecule has 3 nitrogen and oxygen atoms in total. The van der Waals surface area contributed by atoms with Crippen molar-refractivity contribution < 1.29 is 14.3 Å². The van der Waals surface area contributed by atoms with Crippen LogP contribution < -0.4 is 0 Å². The molecule has 0 aliphatic carbocycles. The number of hydrogen-bond acceptors (Lipinski definition) is 2. The van der Waals surface area contributed by atoms with Crippen molar-refractivity contribution in [1.82, 2.24) is 4.90 Å². The zero-order valence-electron chi connectivity index (χ0n) is 11.9. The molecule has 21 heavy (non-hydrogen) atoms. The molecule has 4 heteroatoms. The lowest BCUT2D eigenvalue weighted by molar-refractivity contribution is 0.0691. The Bertz CT molecular complexity index is 613. The van der Waals surface area contributed by atoms with Gasteiger partial charge in [0, 0.05) is 13.1 Å². The summed E-state index contributed by atoms with van der Waals surface area (Å²) in [6.07, 6.45) is 0. The first kappa shape index (κ1) is 15.2. The Morgan fingerprint density at radius 1 is 1.10 bits per heavy atom. The number of halogens is 1. The second-order valence-electron chi connectivity index (χ2n) is 4.91. The molecule has 2 aromatic rings. The Morgan fingerprint density at radius 2 is 1.76 bits per heavy atom. The Kier molecular flexibility index (Phi) is 5.06. The average Bonchev–Trinajstić information content (AvgIpc) is 2.49. The van der Waals surface area contributed by atoms with Crippen LogP contribution in [0.3, 0.4) is 0 Å². The Labute approximate surface area is 123 Å². The smallest absolute Gasteiger partial charge is 0.338 e. The molecule has 0 heterocycles. The fraction of sp³-hybridized carbons (Fsp3) is 0.235. The van der Waals surface area contributed by atoms with E-state index >= 15 is 0 Å². The van der Waals surface area contributed by atoms with Gasteiger partial charge in [0.1, 0.15) is 5.82 Å². The summed E-state index contributed by atoms with van der Waals surface area (Å²) in [7, 11) is 0. The summed E-state index contributed by atoms with van der Waals surface area (Å²) in [6, 6.07) is 14.3. The van der Waals surface area contributed by atoms with E-state index in [1.165, 1.54) is 17.7 Å². The third-order valence-corrected chi connectivity index (χ3v) is 3.36. The number of rotatable bonds is 6. The predicted molar refractivity (Wildman–Crippen MR) is 79.6 cm³/mol. The van der Waals surface area contributed by atoms with Crippen LogP contribution in [0.15, 0.2) is 48.5 Å². The lowest BCUT2D eigenvalue weighted by Gasteiger charge is -2.20. The standard InChI is InChI=1S/C17H18FNO2/c1-2-19(11-13-6-4-3-5-7-13)12-14-8-9-16(18)15(10-14)17(20)21/h3-10H,2,11-12H2,1H3,(H,20,21). The van der Waals surface area contributed by atoms with Crippen LogP contribution in [0, 0.1) is 5.82 Å². The summed E-state index contributed by atoms with van der Waals surface area (Å²) in [5.74, 6) is -1.93. The Balaban J connectivity index is 2.11. The summed E-state index contributed by atoms with van der Waals surface area (Å²) >= 11 is 0. The Hall–Kier alpha value is -2.20. The molecule has 0 saturated heterocycles. The molecule has 1 N–H and O–H groups in total. The van der Waals surface area contributed by atoms with E-state index in [2.05, 4.69) is 17.0 Å². The second kappa shape index (κ2) is 6.99. The maximum Gasteiger partial charge on any atom is 0.338 e. The SMILES string of the molecule is CCN(Cc1ccccc1)Cc1ccc(F)c(C(=O)O)c1. The van der Waals surface area contributed by atoms with Crippen LogP contribution in [0.4, 0.5) is 4.39 Å². The van der Waals surface area contributed by atoms with Crippen LogP contribution >= 0.6 is 0 Å². The molecule has 2 aromatic carbocycles. The molecular weight excluding hydrogens is 269 g/mol. The van der Waals surface area contributed by atoms with Crippen LogP contribution in [-0.2, 0) is 13.1 Å². The Morgan fingerprint density at radius 3 is 2.38 bits per heavy atom. The van der Waals surface area contributed by atoms with Gasteiger partial charge in [0.25, 0.3) is 0 Å². The third kappa shape index (κ3) is 4.13. The quantitative estimate of drug-likeness (QED) is 0.883. The zero-order chi connectivity index (χ0) is 15.2. The van der Waals surface area contributed by atoms with Gasteiger partial charge in [-0.3, -0.25) is 4.90 Å². The molecule has 0 spiro atoms. The molecule has 0 bridgehead atoms. The van der Waals surface area contributed by atoms with Gasteiger partial charge in [-0.25, -0.2) is 9.18 Å². The van der Waals surface area contributed by atoms with Crippen molar-refractivity contribution in [1.29, 1.82) is 0 Å². The molecule has 0 atom stereocenters. The highest BCUT2D eigenvalue weighted by Crippen LogP contribution is 2.14. The summed E-state index contributed by atoms with van der Waals surface area (Å²) in [6.45, 7) is 4.24. The van der Waals surface area contributed by atoms with Gasteiger partial charge in [0.15, 0.2) is 0 Å². The molecule has 0 unspecified atom stereocenters. The highest BCUT2D eigenvalue weighted by atomic mass is 19.1. The third-order valence-electron chi connectivity index (χ3n) is 3.36. The lowest BCUT2D eigenvalue weighted by atomic mass is 10.1. The van der Waals surface area contributed by atoms with Crippen LogP contribution in [-0.4, -0.2) is 22.5 Å². The maximum absolute atomic E-state index is 13.4. The summed E-state index contributed by atoms with van der Waals surface area (Å²) < 4.78 is 13.4. The van der Waals surface area contributed by atoms with Crippen molar-refractivity contribution in [2.24, 2.45) is 0 Å². The van der Waals surface area contributed by atoms with Crippen molar-refractivity contribution >= 4 is 5.97 Å². The monoisotopic (exact) mass is 287 g/mol. The van der Waals surface area contributed by atoms with E-state index in [0.717, 1.165) is 18.7 Å². The molecule has 0 aliphatic rings. The van der Waals surface area contributed by atoms with Crippen molar-refractivity contribution in [3.8, 4) is 0 Å². The largest absolute Gasteiger partial charge is 0.478 e. The number of nitrogens with zero attached hydrogens (tertiary/aromatic N) is 1. The fourth-order valence-corrected chi connectivity index (χ4v) is 2.21. The molecule has 0 fully saturated rings. The van der Waals surface area contributed by atoms with Gasteiger partial charge in [0.2, 0.25) is 0 Å². The van der Waals surface area contributed by atoms with Gasteiger partial charge >= 0.3 is 5.97 Å². The number of hydrogen-bond donors (Lipinski definition) is 1. The van der Waals surface area contributed by atoms with Gasteiger partial charge in [-0.2, -0.15) is 0 Å². The molecule has 0 saturated carbocycles. The molecule has 0 radical (unpaired) electrons. The average molecular weight is 287 g/mol. The fourth-order valence-electron chi connectivity index (χ4n) is 2.21. The van der Waals surface area contributed by atoms with E-state index in [1.54, 1.807) is 6.07 Å². The first-order chi connectivity index (χ1) is 10.1. The summed E-state index contributed by atoms with van der Waals surface area (Å²) in [4.78, 5) is 13.1. The molecule has 2 rings (SSSR count). The van der Waals surface area contributed by atoms with E-state index in [4.69, 9.17) is 5.11 Å². The van der Waals surface area contributed by atoms with Crippen LogP contribution in [0.2, 0.25) is 0 Å². The van der Waals surface area contributed by atoms with Crippen LogP contribution in [0.25, 0.3) is 0 Å². The molecule has 110 valence electrons. The summed E-state index contributed by atoms with van der Waals surface area (Å²) in [5, 5.41) is 8.96. The van der Waals surface area contributed by atoms with Crippen molar-refractivity contribution in [3.63, 3.8) is 0 Å². The number of carbonyl (C=O) groups is 1. The van der Waals surface area contributed by atoms with Gasteiger partial charge in [-0.05, 0) is 29.8 Å². The first-order valence-corrected chi connectivity index (χ1v) is 6.88. The van der Waals surface area contributed by atoms with E-state index in [9.17, 15) is 9.18 Å². The molecule has 0 aliphatic heterocycles. The van der Waals surface area contributed by atoms with Gasteiger partial charge in [0.05, 0.1) is 5.56 Å². The number of aromatic carboxylic acids is 1. The molecule has 0 amide bonds. The topological polar surface area (TPSA) is 40.5 Å². The van der Waals surface area contributed by atoms with Gasteiger partial charge in [-0.15, -0.1) is 0 Å². The summed E-state index contributed by atoms with van der Waals surface area (Å²) in [5.41, 5.74) is 1.72. The highest BCUT2D eigenvalue weighted by molar-refractivity contribution is 5.88. The van der Waals surface area contributed by atoms with E-state index in [1.807, 2.05) is 25.1 Å². The highest BCUT2D eigenvalue weighted by Gasteiger charge is 2.12. The minimum absolute atomic E-state index is 0.275. The van der Waals surface area contributed by atoms with Crippen LogP contribution in [0.1, 0.15) is 28.4 Å². The minimum Gasteiger partial charge on any atom is -0.478 e. The molecule has 0 aromatic heterocycles. The van der Waals surface area contributed by atoms with Gasteiger partial charge in [-0.1, -0.05) is 43.3 Å². The van der Waals surface area contributed by atoms with E-state index < -0.39 is 11.8 Å².